The number of nitrogens with zero attached hydrogens (tertiary/aromatic N) is 2. The maximum absolute atomic E-state index is 11.6. The topological polar surface area (TPSA) is 108 Å². The normalized spacial score (nSPS) is 10.8. The second-order valence-electron chi connectivity index (χ2n) is 6.70. The fraction of sp³-hybridized carbons (Fsp3) is 0.0909. The third-order valence-electron chi connectivity index (χ3n) is 4.41. The Hall–Kier alpha value is -3.65. The summed E-state index contributed by atoms with van der Waals surface area (Å²) in [6.07, 6.45) is 0. The molecule has 3 aromatic carbocycles. The number of rotatable bonds is 6. The first-order chi connectivity index (χ1) is 14.5. The van der Waals surface area contributed by atoms with Gasteiger partial charge in [-0.15, -0.1) is 10.2 Å². The van der Waals surface area contributed by atoms with Gasteiger partial charge in [0.05, 0.1) is 5.75 Å². The number of amides is 1. The lowest BCUT2D eigenvalue weighted by Crippen LogP contribution is -2.06. The monoisotopic (exact) mass is 418 g/mol. The molecule has 0 unspecified atom stereocenters. The summed E-state index contributed by atoms with van der Waals surface area (Å²) < 4.78 is 0. The van der Waals surface area contributed by atoms with Gasteiger partial charge < -0.3 is 15.4 Å². The molecule has 4 rings (SSSR count). The Morgan fingerprint density at radius 2 is 1.73 bits per heavy atom. The predicted molar refractivity (Wildman–Crippen MR) is 117 cm³/mol. The van der Waals surface area contributed by atoms with E-state index in [-0.39, 0.29) is 11.7 Å². The molecule has 0 radical (unpaired) electrons. The number of aliphatic carboxylic acids is 1. The van der Waals surface area contributed by atoms with Gasteiger partial charge in [0.15, 0.2) is 11.0 Å². The fourth-order valence-electron chi connectivity index (χ4n) is 3.15. The summed E-state index contributed by atoms with van der Waals surface area (Å²) in [6.45, 7) is 1.46. The quantitative estimate of drug-likeness (QED) is 0.400. The number of carbonyl (C=O) groups is 2. The van der Waals surface area contributed by atoms with Crippen molar-refractivity contribution in [3.05, 3.63) is 60.7 Å². The Morgan fingerprint density at radius 1 is 0.967 bits per heavy atom. The lowest BCUT2D eigenvalue weighted by Gasteiger charge is -2.10. The van der Waals surface area contributed by atoms with Crippen molar-refractivity contribution in [1.29, 1.82) is 0 Å². The lowest BCUT2D eigenvalue weighted by atomic mass is 9.98. The summed E-state index contributed by atoms with van der Waals surface area (Å²) in [6, 6.07) is 20.0. The molecule has 7 nitrogen and oxygen atoms in total. The predicted octanol–water partition coefficient (Wildman–Crippen LogP) is 4.43. The summed E-state index contributed by atoms with van der Waals surface area (Å²) in [5, 5.41) is 22.5. The first kappa shape index (κ1) is 19.7. The van der Waals surface area contributed by atoms with Crippen molar-refractivity contribution in [3.63, 3.8) is 0 Å². The second-order valence-corrected chi connectivity index (χ2v) is 7.67. The lowest BCUT2D eigenvalue weighted by molar-refractivity contribution is -0.133. The largest absolute Gasteiger partial charge is 0.481 e. The molecule has 0 fully saturated rings. The number of anilines is 1. The van der Waals surface area contributed by atoms with Crippen molar-refractivity contribution in [3.8, 4) is 22.5 Å². The number of benzene rings is 3. The third kappa shape index (κ3) is 4.49. The molecule has 1 aromatic heterocycles. The van der Waals surface area contributed by atoms with Crippen molar-refractivity contribution >= 4 is 40.1 Å². The highest BCUT2D eigenvalue weighted by atomic mass is 32.2. The van der Waals surface area contributed by atoms with E-state index in [9.17, 15) is 9.59 Å². The molecular formula is C22H18N4O3S. The Bertz CT molecular complexity index is 1250. The molecule has 150 valence electrons. The zero-order chi connectivity index (χ0) is 21.1. The summed E-state index contributed by atoms with van der Waals surface area (Å²) in [5.41, 5.74) is 3.29. The number of thioether (sulfide) groups is 1. The number of aromatic nitrogens is 3. The maximum atomic E-state index is 11.6. The molecular weight excluding hydrogens is 400 g/mol. The van der Waals surface area contributed by atoms with E-state index < -0.39 is 5.97 Å². The van der Waals surface area contributed by atoms with Gasteiger partial charge in [-0.3, -0.25) is 9.59 Å². The third-order valence-corrected chi connectivity index (χ3v) is 5.26. The summed E-state index contributed by atoms with van der Waals surface area (Å²) in [5.74, 6) is -0.712. The molecule has 0 saturated heterocycles. The van der Waals surface area contributed by atoms with Gasteiger partial charge in [0.25, 0.3) is 0 Å². The molecule has 3 N–H and O–H groups in total. The molecule has 0 saturated carbocycles. The van der Waals surface area contributed by atoms with Crippen LogP contribution in [0.15, 0.2) is 65.8 Å². The zero-order valence-electron chi connectivity index (χ0n) is 16.0. The first-order valence-corrected chi connectivity index (χ1v) is 10.2. The molecule has 0 aliphatic rings. The summed E-state index contributed by atoms with van der Waals surface area (Å²) in [7, 11) is 0. The van der Waals surface area contributed by atoms with E-state index >= 15 is 0 Å². The first-order valence-electron chi connectivity index (χ1n) is 9.17. The minimum atomic E-state index is -0.927. The van der Waals surface area contributed by atoms with Gasteiger partial charge in [0.1, 0.15) is 0 Å². The van der Waals surface area contributed by atoms with Gasteiger partial charge in [-0.05, 0) is 46.2 Å². The zero-order valence-corrected chi connectivity index (χ0v) is 16.9. The molecule has 30 heavy (non-hydrogen) atoms. The van der Waals surface area contributed by atoms with E-state index in [2.05, 4.69) is 44.8 Å². The number of carbonyl (C=O) groups excluding carboxylic acids is 1. The van der Waals surface area contributed by atoms with Crippen molar-refractivity contribution in [2.24, 2.45) is 0 Å². The highest BCUT2D eigenvalue weighted by Gasteiger charge is 2.12. The van der Waals surface area contributed by atoms with Gasteiger partial charge in [0, 0.05) is 18.2 Å². The highest BCUT2D eigenvalue weighted by Crippen LogP contribution is 2.31. The minimum Gasteiger partial charge on any atom is -0.481 e. The highest BCUT2D eigenvalue weighted by molar-refractivity contribution is 7.99. The van der Waals surface area contributed by atoms with Gasteiger partial charge in [-0.2, -0.15) is 0 Å². The molecule has 0 aliphatic heterocycles. The van der Waals surface area contributed by atoms with Crippen LogP contribution in [0.4, 0.5) is 5.69 Å². The number of H-pyrrole nitrogens is 1. The molecule has 0 spiro atoms. The second kappa shape index (κ2) is 8.38. The van der Waals surface area contributed by atoms with Crippen molar-refractivity contribution in [1.82, 2.24) is 15.2 Å². The Kier molecular flexibility index (Phi) is 5.49. The maximum Gasteiger partial charge on any atom is 0.313 e. The number of fused-ring (bicyclic) bond motifs is 1. The van der Waals surface area contributed by atoms with E-state index in [1.165, 1.54) is 6.92 Å². The number of hydrogen-bond donors (Lipinski definition) is 3. The molecule has 0 bridgehead atoms. The van der Waals surface area contributed by atoms with Gasteiger partial charge in [0.2, 0.25) is 5.91 Å². The van der Waals surface area contributed by atoms with Crippen LogP contribution in [0.3, 0.4) is 0 Å². The van der Waals surface area contributed by atoms with Crippen LogP contribution in [-0.2, 0) is 9.59 Å². The molecule has 4 aromatic rings. The molecule has 0 aliphatic carbocycles. The van der Waals surface area contributed by atoms with Crippen molar-refractivity contribution < 1.29 is 14.7 Å². The number of hydrogen-bond acceptors (Lipinski definition) is 5. The average molecular weight is 418 g/mol. The van der Waals surface area contributed by atoms with Crippen LogP contribution in [0.1, 0.15) is 6.92 Å². The van der Waals surface area contributed by atoms with Crippen molar-refractivity contribution in [2.45, 2.75) is 12.1 Å². The molecule has 8 heteroatoms. The summed E-state index contributed by atoms with van der Waals surface area (Å²) in [4.78, 5) is 25.4. The van der Waals surface area contributed by atoms with E-state index in [1.54, 1.807) is 6.07 Å². The van der Waals surface area contributed by atoms with Crippen LogP contribution in [0, 0.1) is 0 Å². The minimum absolute atomic E-state index is 0.108. The smallest absolute Gasteiger partial charge is 0.313 e. The van der Waals surface area contributed by atoms with E-state index in [0.717, 1.165) is 39.2 Å². The number of carboxylic acids is 1. The average Bonchev–Trinajstić information content (AvgIpc) is 3.20. The van der Waals surface area contributed by atoms with Crippen LogP contribution in [0.25, 0.3) is 33.3 Å². The Labute approximate surface area is 176 Å². The van der Waals surface area contributed by atoms with E-state index in [4.69, 9.17) is 5.11 Å². The van der Waals surface area contributed by atoms with Gasteiger partial charge in [-0.1, -0.05) is 48.2 Å². The van der Waals surface area contributed by atoms with Crippen LogP contribution < -0.4 is 5.32 Å². The van der Waals surface area contributed by atoms with E-state index in [0.29, 0.717) is 16.7 Å². The number of nitrogens with one attached hydrogen (secondary N) is 2. The Balaban J connectivity index is 1.75. The standard InChI is InChI=1S/C22H18N4O3S/c1-13(27)23-19-10-17(16-7-6-14-4-2-3-5-15(14)8-16)9-18(11-19)21-24-22(26-25-21)30-12-20(28)29/h2-11H,12H2,1H3,(H,23,27)(H,28,29)(H,24,25,26). The number of carboxylic acid groups (broad SMARTS) is 1. The summed E-state index contributed by atoms with van der Waals surface area (Å²) >= 11 is 1.06. The van der Waals surface area contributed by atoms with Gasteiger partial charge in [-0.25, -0.2) is 0 Å². The van der Waals surface area contributed by atoms with E-state index in [1.807, 2.05) is 30.3 Å². The Morgan fingerprint density at radius 3 is 2.50 bits per heavy atom. The van der Waals surface area contributed by atoms with Crippen LogP contribution in [0.5, 0.6) is 0 Å². The SMILES string of the molecule is CC(=O)Nc1cc(-c2ccc3ccccc3c2)cc(-c2nnc(SCC(=O)O)[nH]2)c1. The van der Waals surface area contributed by atoms with Crippen LogP contribution in [0.2, 0.25) is 0 Å². The van der Waals surface area contributed by atoms with Crippen LogP contribution >= 0.6 is 11.8 Å². The molecule has 1 heterocycles. The van der Waals surface area contributed by atoms with Gasteiger partial charge >= 0.3 is 5.97 Å². The molecule has 1 amide bonds. The fourth-order valence-corrected chi connectivity index (χ4v) is 3.67. The molecule has 0 atom stereocenters. The van der Waals surface area contributed by atoms with Crippen LogP contribution in [-0.4, -0.2) is 37.9 Å². The van der Waals surface area contributed by atoms with Crippen molar-refractivity contribution in [2.75, 3.05) is 11.1 Å². The number of aromatic amines is 1.